The van der Waals surface area contributed by atoms with Crippen molar-refractivity contribution in [3.63, 3.8) is 0 Å². The molecule has 104 valence electrons. The Morgan fingerprint density at radius 3 is 2.81 bits per heavy atom. The van der Waals surface area contributed by atoms with E-state index in [1.54, 1.807) is 6.07 Å². The van der Waals surface area contributed by atoms with Gasteiger partial charge in [0.05, 0.1) is 11.3 Å². The molecule has 0 bridgehead atoms. The van der Waals surface area contributed by atoms with E-state index in [9.17, 15) is 0 Å². The number of nitrogens with one attached hydrogen (secondary N) is 1. The van der Waals surface area contributed by atoms with E-state index in [0.29, 0.717) is 12.1 Å². The van der Waals surface area contributed by atoms with Crippen LogP contribution in [-0.4, -0.2) is 6.61 Å². The minimum Gasteiger partial charge on any atom is -0.481 e. The predicted molar refractivity (Wildman–Crippen MR) is 87.0 cm³/mol. The van der Waals surface area contributed by atoms with E-state index >= 15 is 0 Å². The lowest BCUT2D eigenvalue weighted by Gasteiger charge is -2.12. The average Bonchev–Trinajstić information content (AvgIpc) is 2.52. The van der Waals surface area contributed by atoms with Crippen LogP contribution in [0.5, 0.6) is 5.75 Å². The van der Waals surface area contributed by atoms with E-state index < -0.39 is 0 Å². The molecule has 2 aromatic carbocycles. The van der Waals surface area contributed by atoms with Crippen LogP contribution in [0, 0.1) is 23.7 Å². The van der Waals surface area contributed by atoms with Gasteiger partial charge in [-0.15, -0.1) is 6.42 Å². The van der Waals surface area contributed by atoms with E-state index in [0.717, 1.165) is 21.5 Å². The summed E-state index contributed by atoms with van der Waals surface area (Å²) in [5, 5.41) is 12.4. The summed E-state index contributed by atoms with van der Waals surface area (Å²) in [5.74, 6) is 3.20. The van der Waals surface area contributed by atoms with Gasteiger partial charge in [0.15, 0.2) is 0 Å². The van der Waals surface area contributed by atoms with Crippen molar-refractivity contribution < 1.29 is 4.74 Å². The normalized spacial score (nSPS) is 9.48. The molecular formula is C17H13BrN2O. The quantitative estimate of drug-likeness (QED) is 0.838. The standard InChI is InChI=1S/C17H13BrN2O/c1-2-9-21-17-6-4-3-5-13(17)12-20-16-8-7-15(18)10-14(16)11-19/h1,3-8,10,20H,9,12H2. The number of anilines is 1. The third-order valence-corrected chi connectivity index (χ3v) is 3.35. The Bertz CT molecular complexity index is 713. The van der Waals surface area contributed by atoms with Gasteiger partial charge in [0.1, 0.15) is 18.4 Å². The maximum atomic E-state index is 9.15. The number of halogens is 1. The molecule has 0 heterocycles. The largest absolute Gasteiger partial charge is 0.481 e. The number of hydrogen-bond acceptors (Lipinski definition) is 3. The van der Waals surface area contributed by atoms with Gasteiger partial charge < -0.3 is 10.1 Å². The first-order valence-corrected chi connectivity index (χ1v) is 7.11. The van der Waals surface area contributed by atoms with Gasteiger partial charge >= 0.3 is 0 Å². The fourth-order valence-electron chi connectivity index (χ4n) is 1.86. The van der Waals surface area contributed by atoms with Gasteiger partial charge in [-0.3, -0.25) is 0 Å². The van der Waals surface area contributed by atoms with Gasteiger partial charge in [-0.2, -0.15) is 5.26 Å². The molecule has 0 unspecified atom stereocenters. The second kappa shape index (κ2) is 7.38. The number of hydrogen-bond donors (Lipinski definition) is 1. The summed E-state index contributed by atoms with van der Waals surface area (Å²) < 4.78 is 6.38. The molecule has 0 aliphatic rings. The third-order valence-electron chi connectivity index (χ3n) is 2.85. The van der Waals surface area contributed by atoms with Crippen LogP contribution in [0.4, 0.5) is 5.69 Å². The summed E-state index contributed by atoms with van der Waals surface area (Å²) >= 11 is 3.36. The fraction of sp³-hybridized carbons (Fsp3) is 0.118. The smallest absolute Gasteiger partial charge is 0.148 e. The van der Waals surface area contributed by atoms with Gasteiger partial charge in [-0.1, -0.05) is 40.0 Å². The van der Waals surface area contributed by atoms with E-state index in [4.69, 9.17) is 16.4 Å². The molecule has 3 nitrogen and oxygen atoms in total. The molecule has 21 heavy (non-hydrogen) atoms. The van der Waals surface area contributed by atoms with Gasteiger partial charge in [0.25, 0.3) is 0 Å². The summed E-state index contributed by atoms with van der Waals surface area (Å²) in [5.41, 5.74) is 2.36. The van der Waals surface area contributed by atoms with E-state index in [1.165, 1.54) is 0 Å². The predicted octanol–water partition coefficient (Wildman–Crippen LogP) is 3.94. The summed E-state index contributed by atoms with van der Waals surface area (Å²) in [4.78, 5) is 0. The van der Waals surface area contributed by atoms with Crippen molar-refractivity contribution in [2.75, 3.05) is 11.9 Å². The van der Waals surface area contributed by atoms with Crippen LogP contribution in [0.3, 0.4) is 0 Å². The minimum absolute atomic E-state index is 0.235. The van der Waals surface area contributed by atoms with Gasteiger partial charge in [0.2, 0.25) is 0 Å². The Labute approximate surface area is 132 Å². The van der Waals surface area contributed by atoms with Crippen LogP contribution >= 0.6 is 15.9 Å². The molecule has 0 aliphatic carbocycles. The van der Waals surface area contributed by atoms with Crippen molar-refractivity contribution >= 4 is 21.6 Å². The monoisotopic (exact) mass is 340 g/mol. The van der Waals surface area contributed by atoms with Crippen molar-refractivity contribution in [2.45, 2.75) is 6.54 Å². The number of nitrogens with zero attached hydrogens (tertiary/aromatic N) is 1. The van der Waals surface area contributed by atoms with Gasteiger partial charge in [-0.25, -0.2) is 0 Å². The molecule has 0 amide bonds. The number of rotatable bonds is 5. The zero-order valence-corrected chi connectivity index (χ0v) is 12.9. The molecule has 0 aliphatic heterocycles. The van der Waals surface area contributed by atoms with Gasteiger partial charge in [0, 0.05) is 16.6 Å². The number of benzene rings is 2. The van der Waals surface area contributed by atoms with Crippen LogP contribution in [0.2, 0.25) is 0 Å². The van der Waals surface area contributed by atoms with E-state index in [1.807, 2.05) is 36.4 Å². The number of para-hydroxylation sites is 1. The Morgan fingerprint density at radius 1 is 1.24 bits per heavy atom. The molecule has 0 aromatic heterocycles. The highest BCUT2D eigenvalue weighted by atomic mass is 79.9. The Balaban J connectivity index is 2.14. The van der Waals surface area contributed by atoms with Crippen molar-refractivity contribution in [2.24, 2.45) is 0 Å². The zero-order chi connectivity index (χ0) is 15.1. The molecule has 0 saturated heterocycles. The second-order valence-corrected chi connectivity index (χ2v) is 5.17. The van der Waals surface area contributed by atoms with Crippen molar-refractivity contribution in [3.05, 3.63) is 58.1 Å². The van der Waals surface area contributed by atoms with Crippen LogP contribution in [0.25, 0.3) is 0 Å². The lowest BCUT2D eigenvalue weighted by molar-refractivity contribution is 0.366. The zero-order valence-electron chi connectivity index (χ0n) is 11.3. The van der Waals surface area contributed by atoms with Gasteiger partial charge in [-0.05, 0) is 24.3 Å². The van der Waals surface area contributed by atoms with Crippen molar-refractivity contribution in [1.82, 2.24) is 0 Å². The summed E-state index contributed by atoms with van der Waals surface area (Å²) in [6, 6.07) is 15.4. The lowest BCUT2D eigenvalue weighted by atomic mass is 10.1. The Morgan fingerprint density at radius 2 is 2.05 bits per heavy atom. The third kappa shape index (κ3) is 4.02. The highest BCUT2D eigenvalue weighted by Crippen LogP contribution is 2.23. The number of nitriles is 1. The summed E-state index contributed by atoms with van der Waals surface area (Å²) in [7, 11) is 0. The molecule has 0 atom stereocenters. The SMILES string of the molecule is C#CCOc1ccccc1CNc1ccc(Br)cc1C#N. The highest BCUT2D eigenvalue weighted by molar-refractivity contribution is 9.10. The van der Waals surface area contributed by atoms with E-state index in [2.05, 4.69) is 33.2 Å². The molecule has 0 saturated carbocycles. The molecule has 2 aromatic rings. The summed E-state index contributed by atoms with van der Waals surface area (Å²) in [6.45, 7) is 0.787. The molecule has 0 fully saturated rings. The molecule has 0 spiro atoms. The second-order valence-electron chi connectivity index (χ2n) is 4.26. The average molecular weight is 341 g/mol. The Hall–Kier alpha value is -2.43. The van der Waals surface area contributed by atoms with Crippen LogP contribution < -0.4 is 10.1 Å². The maximum Gasteiger partial charge on any atom is 0.148 e. The molecule has 4 heteroatoms. The van der Waals surface area contributed by atoms with E-state index in [-0.39, 0.29) is 6.61 Å². The first-order chi connectivity index (χ1) is 10.2. The Kier molecular flexibility index (Phi) is 5.26. The van der Waals surface area contributed by atoms with Crippen molar-refractivity contribution in [3.8, 4) is 24.2 Å². The molecular weight excluding hydrogens is 328 g/mol. The first-order valence-electron chi connectivity index (χ1n) is 6.32. The van der Waals surface area contributed by atoms with Crippen LogP contribution in [-0.2, 0) is 6.54 Å². The lowest BCUT2D eigenvalue weighted by Crippen LogP contribution is -2.04. The minimum atomic E-state index is 0.235. The molecule has 1 N–H and O–H groups in total. The fourth-order valence-corrected chi connectivity index (χ4v) is 2.22. The topological polar surface area (TPSA) is 45.0 Å². The number of ether oxygens (including phenoxy) is 1. The van der Waals surface area contributed by atoms with Crippen LogP contribution in [0.15, 0.2) is 46.9 Å². The summed E-state index contributed by atoms with van der Waals surface area (Å²) in [6.07, 6.45) is 5.21. The molecule has 2 rings (SSSR count). The van der Waals surface area contributed by atoms with Crippen LogP contribution in [0.1, 0.15) is 11.1 Å². The number of terminal acetylenes is 1. The maximum absolute atomic E-state index is 9.15. The first kappa shape index (κ1) is 15.0. The van der Waals surface area contributed by atoms with Crippen molar-refractivity contribution in [1.29, 1.82) is 5.26 Å². The highest BCUT2D eigenvalue weighted by Gasteiger charge is 2.05. The molecule has 0 radical (unpaired) electrons.